The number of benzene rings is 2. The Morgan fingerprint density at radius 2 is 1.68 bits per heavy atom. The van der Waals surface area contributed by atoms with Gasteiger partial charge in [0.1, 0.15) is 0 Å². The molecule has 118 valence electrons. The second-order valence-electron chi connectivity index (χ2n) is 5.14. The first-order valence-corrected chi connectivity index (χ1v) is 7.30. The minimum atomic E-state index is 0. The van der Waals surface area contributed by atoms with Crippen molar-refractivity contribution in [3.8, 4) is 0 Å². The predicted octanol–water partition coefficient (Wildman–Crippen LogP) is 4.54. The summed E-state index contributed by atoms with van der Waals surface area (Å²) in [6.07, 6.45) is 0.840. The van der Waals surface area contributed by atoms with Crippen molar-refractivity contribution in [1.29, 1.82) is 0 Å². The van der Waals surface area contributed by atoms with Crippen LogP contribution in [0.2, 0.25) is 5.02 Å². The third-order valence-electron chi connectivity index (χ3n) is 3.09. The van der Waals surface area contributed by atoms with Gasteiger partial charge in [0, 0.05) is 17.3 Å². The summed E-state index contributed by atoms with van der Waals surface area (Å²) >= 11 is 5.85. The van der Waals surface area contributed by atoms with Crippen LogP contribution in [0.4, 0.5) is 5.69 Å². The number of aryl methyl sites for hydroxylation is 2. The lowest BCUT2D eigenvalue weighted by molar-refractivity contribution is 0.965. The highest BCUT2D eigenvalue weighted by Crippen LogP contribution is 2.13. The summed E-state index contributed by atoms with van der Waals surface area (Å²) in [5, 5.41) is 3.87. The molecule has 3 nitrogen and oxygen atoms in total. The molecule has 2 aromatic rings. The van der Waals surface area contributed by atoms with E-state index in [1.165, 1.54) is 16.7 Å². The highest BCUT2D eigenvalue weighted by molar-refractivity contribution is 14.0. The summed E-state index contributed by atoms with van der Waals surface area (Å²) in [7, 11) is 0. The van der Waals surface area contributed by atoms with Crippen LogP contribution in [-0.2, 0) is 6.42 Å². The number of nitrogens with one attached hydrogen (secondary N) is 1. The molecule has 22 heavy (non-hydrogen) atoms. The van der Waals surface area contributed by atoms with E-state index >= 15 is 0 Å². The number of guanidine groups is 1. The van der Waals surface area contributed by atoms with E-state index in [2.05, 4.69) is 42.4 Å². The van der Waals surface area contributed by atoms with E-state index < -0.39 is 0 Å². The van der Waals surface area contributed by atoms with Gasteiger partial charge in [0.15, 0.2) is 5.96 Å². The Kier molecular flexibility index (Phi) is 7.68. The average Bonchev–Trinajstić information content (AvgIpc) is 2.39. The molecule has 0 bridgehead atoms. The van der Waals surface area contributed by atoms with Crippen molar-refractivity contribution in [3.05, 3.63) is 64.2 Å². The third kappa shape index (κ3) is 6.23. The van der Waals surface area contributed by atoms with Gasteiger partial charge in [-0.25, -0.2) is 0 Å². The van der Waals surface area contributed by atoms with Crippen molar-refractivity contribution in [2.45, 2.75) is 20.3 Å². The SMILES string of the molecule is Cc1cc(C)cc(NC(N)=NCCc2ccc(Cl)cc2)c1.I. The molecule has 0 unspecified atom stereocenters. The van der Waals surface area contributed by atoms with Gasteiger partial charge in [-0.1, -0.05) is 29.8 Å². The first kappa shape index (κ1) is 18.8. The van der Waals surface area contributed by atoms with Crippen molar-refractivity contribution in [2.75, 3.05) is 11.9 Å². The second kappa shape index (κ2) is 9.00. The van der Waals surface area contributed by atoms with Crippen LogP contribution >= 0.6 is 35.6 Å². The molecule has 0 aromatic heterocycles. The lowest BCUT2D eigenvalue weighted by atomic mass is 10.1. The first-order valence-electron chi connectivity index (χ1n) is 6.92. The molecule has 0 saturated carbocycles. The van der Waals surface area contributed by atoms with Gasteiger partial charge in [-0.05, 0) is 61.2 Å². The zero-order valence-electron chi connectivity index (χ0n) is 12.8. The highest BCUT2D eigenvalue weighted by Gasteiger charge is 1.98. The van der Waals surface area contributed by atoms with Crippen LogP contribution in [0.15, 0.2) is 47.5 Å². The second-order valence-corrected chi connectivity index (χ2v) is 5.58. The van der Waals surface area contributed by atoms with Crippen molar-refractivity contribution < 1.29 is 0 Å². The maximum absolute atomic E-state index is 5.91. The Morgan fingerprint density at radius 3 is 2.27 bits per heavy atom. The Labute approximate surface area is 154 Å². The molecule has 0 heterocycles. The summed E-state index contributed by atoms with van der Waals surface area (Å²) < 4.78 is 0. The predicted molar refractivity (Wildman–Crippen MR) is 107 cm³/mol. The van der Waals surface area contributed by atoms with E-state index in [-0.39, 0.29) is 24.0 Å². The summed E-state index contributed by atoms with van der Waals surface area (Å²) in [4.78, 5) is 4.35. The fourth-order valence-corrected chi connectivity index (χ4v) is 2.32. The van der Waals surface area contributed by atoms with Crippen LogP contribution in [0, 0.1) is 13.8 Å². The molecule has 2 rings (SSSR count). The average molecular weight is 430 g/mol. The minimum Gasteiger partial charge on any atom is -0.370 e. The fourth-order valence-electron chi connectivity index (χ4n) is 2.19. The minimum absolute atomic E-state index is 0. The maximum atomic E-state index is 5.91. The van der Waals surface area contributed by atoms with Crippen LogP contribution < -0.4 is 11.1 Å². The molecular formula is C17H21ClIN3. The number of aliphatic imine (C=N–C) groups is 1. The Hall–Kier alpha value is -1.27. The summed E-state index contributed by atoms with van der Waals surface area (Å²) in [6, 6.07) is 14.0. The molecule has 0 aliphatic heterocycles. The van der Waals surface area contributed by atoms with Gasteiger partial charge in [-0.15, -0.1) is 24.0 Å². The van der Waals surface area contributed by atoms with Crippen molar-refractivity contribution >= 4 is 47.2 Å². The number of halogens is 2. The number of nitrogens with zero attached hydrogens (tertiary/aromatic N) is 1. The van der Waals surface area contributed by atoms with Gasteiger partial charge >= 0.3 is 0 Å². The molecule has 0 saturated heterocycles. The van der Waals surface area contributed by atoms with Crippen LogP contribution in [0.1, 0.15) is 16.7 Å². The quantitative estimate of drug-likeness (QED) is 0.426. The van der Waals surface area contributed by atoms with Crippen LogP contribution in [0.3, 0.4) is 0 Å². The van der Waals surface area contributed by atoms with Gasteiger partial charge in [0.25, 0.3) is 0 Å². The summed E-state index contributed by atoms with van der Waals surface area (Å²) in [5.74, 6) is 0.439. The molecule has 3 N–H and O–H groups in total. The van der Waals surface area contributed by atoms with Crippen LogP contribution in [0.5, 0.6) is 0 Å². The van der Waals surface area contributed by atoms with E-state index in [4.69, 9.17) is 17.3 Å². The zero-order chi connectivity index (χ0) is 15.2. The molecule has 0 aliphatic rings. The molecule has 0 amide bonds. The van der Waals surface area contributed by atoms with Crippen molar-refractivity contribution in [3.63, 3.8) is 0 Å². The smallest absolute Gasteiger partial charge is 0.193 e. The molecule has 0 spiro atoms. The van der Waals surface area contributed by atoms with E-state index in [0.29, 0.717) is 12.5 Å². The van der Waals surface area contributed by atoms with E-state index in [1.54, 1.807) is 0 Å². The molecule has 2 aromatic carbocycles. The van der Waals surface area contributed by atoms with E-state index in [0.717, 1.165) is 17.1 Å². The lowest BCUT2D eigenvalue weighted by Crippen LogP contribution is -2.23. The largest absolute Gasteiger partial charge is 0.370 e. The lowest BCUT2D eigenvalue weighted by Gasteiger charge is -2.08. The van der Waals surface area contributed by atoms with Gasteiger partial charge in [-0.2, -0.15) is 0 Å². The number of anilines is 1. The summed E-state index contributed by atoms with van der Waals surface area (Å²) in [5.41, 5.74) is 10.5. The Balaban J connectivity index is 0.00000242. The molecule has 0 atom stereocenters. The maximum Gasteiger partial charge on any atom is 0.193 e. The zero-order valence-corrected chi connectivity index (χ0v) is 15.9. The van der Waals surface area contributed by atoms with Crippen molar-refractivity contribution in [1.82, 2.24) is 0 Å². The number of nitrogens with two attached hydrogens (primary N) is 1. The standard InChI is InChI=1S/C17H20ClN3.HI/c1-12-9-13(2)11-16(10-12)21-17(19)20-8-7-14-3-5-15(18)6-4-14;/h3-6,9-11H,7-8H2,1-2H3,(H3,19,20,21);1H. The summed E-state index contributed by atoms with van der Waals surface area (Å²) in [6.45, 7) is 4.77. The van der Waals surface area contributed by atoms with Gasteiger partial charge in [-0.3, -0.25) is 4.99 Å². The normalized spacial score (nSPS) is 11.0. The first-order chi connectivity index (χ1) is 10.0. The number of rotatable bonds is 4. The topological polar surface area (TPSA) is 50.4 Å². The van der Waals surface area contributed by atoms with Gasteiger partial charge in [0.2, 0.25) is 0 Å². The number of hydrogen-bond acceptors (Lipinski definition) is 1. The molecular weight excluding hydrogens is 409 g/mol. The molecule has 0 radical (unpaired) electrons. The van der Waals surface area contributed by atoms with E-state index in [9.17, 15) is 0 Å². The van der Waals surface area contributed by atoms with Crippen molar-refractivity contribution in [2.24, 2.45) is 10.7 Å². The third-order valence-corrected chi connectivity index (χ3v) is 3.34. The molecule has 5 heteroatoms. The Bertz CT molecular complexity index is 619. The van der Waals surface area contributed by atoms with Crippen LogP contribution in [-0.4, -0.2) is 12.5 Å². The fraction of sp³-hybridized carbons (Fsp3) is 0.235. The van der Waals surface area contributed by atoms with Gasteiger partial charge in [0.05, 0.1) is 0 Å². The monoisotopic (exact) mass is 429 g/mol. The highest BCUT2D eigenvalue weighted by atomic mass is 127. The van der Waals surface area contributed by atoms with Crippen LogP contribution in [0.25, 0.3) is 0 Å². The Morgan fingerprint density at radius 1 is 1.09 bits per heavy atom. The van der Waals surface area contributed by atoms with E-state index in [1.807, 2.05) is 24.3 Å². The molecule has 0 aliphatic carbocycles. The molecule has 0 fully saturated rings. The number of hydrogen-bond donors (Lipinski definition) is 2. The van der Waals surface area contributed by atoms with Gasteiger partial charge < -0.3 is 11.1 Å².